The Bertz CT molecular complexity index is 806. The minimum Gasteiger partial charge on any atom is -0.394 e. The largest absolute Gasteiger partial charge is 0.394 e. The number of hydrogen-bond donors (Lipinski definition) is 3. The van der Waals surface area contributed by atoms with Crippen molar-refractivity contribution in [2.24, 2.45) is 0 Å². The van der Waals surface area contributed by atoms with E-state index in [1.165, 1.54) is 193 Å². The third-order valence-corrected chi connectivity index (χ3v) is 10.9. The molecule has 0 spiro atoms. The predicted molar refractivity (Wildman–Crippen MR) is 235 cm³/mol. The van der Waals surface area contributed by atoms with E-state index in [1.807, 2.05) is 6.08 Å². The molecule has 4 nitrogen and oxygen atoms in total. The molecule has 312 valence electrons. The van der Waals surface area contributed by atoms with Crippen LogP contribution in [0.1, 0.15) is 251 Å². The quantitative estimate of drug-likeness (QED) is 0.0430. The lowest BCUT2D eigenvalue weighted by Gasteiger charge is -2.19. The van der Waals surface area contributed by atoms with Gasteiger partial charge in [-0.3, -0.25) is 4.79 Å². The number of rotatable bonds is 43. The predicted octanol–water partition coefficient (Wildman–Crippen LogP) is 15.0. The zero-order chi connectivity index (χ0) is 38.6. The van der Waals surface area contributed by atoms with E-state index in [0.29, 0.717) is 6.42 Å². The van der Waals surface area contributed by atoms with E-state index < -0.39 is 12.1 Å². The Labute approximate surface area is 331 Å². The molecule has 0 aliphatic rings. The molecule has 0 aromatic rings. The molecular weight excluding hydrogens is 651 g/mol. The first-order valence-corrected chi connectivity index (χ1v) is 23.7. The van der Waals surface area contributed by atoms with Gasteiger partial charge in [-0.25, -0.2) is 0 Å². The van der Waals surface area contributed by atoms with Crippen molar-refractivity contribution in [2.75, 3.05) is 6.61 Å². The van der Waals surface area contributed by atoms with Crippen molar-refractivity contribution in [2.45, 2.75) is 264 Å². The van der Waals surface area contributed by atoms with Crippen LogP contribution in [-0.2, 0) is 4.79 Å². The third kappa shape index (κ3) is 41.6. The third-order valence-electron chi connectivity index (χ3n) is 10.9. The van der Waals surface area contributed by atoms with E-state index in [9.17, 15) is 15.0 Å². The number of amides is 1. The minimum absolute atomic E-state index is 0.0757. The number of allylic oxidation sites excluding steroid dienone is 5. The minimum atomic E-state index is -0.866. The molecule has 0 aliphatic carbocycles. The van der Waals surface area contributed by atoms with Gasteiger partial charge >= 0.3 is 0 Å². The number of carbonyl (C=O) groups excluding carboxylic acids is 1. The van der Waals surface area contributed by atoms with E-state index in [1.54, 1.807) is 6.08 Å². The highest BCUT2D eigenvalue weighted by atomic mass is 16.3. The normalized spacial score (nSPS) is 13.2. The summed E-state index contributed by atoms with van der Waals surface area (Å²) in [6.07, 6.45) is 60.0. The topological polar surface area (TPSA) is 69.6 Å². The van der Waals surface area contributed by atoms with E-state index in [-0.39, 0.29) is 12.5 Å². The zero-order valence-corrected chi connectivity index (χ0v) is 35.8. The van der Waals surface area contributed by atoms with Gasteiger partial charge in [-0.1, -0.05) is 243 Å². The Morgan fingerprint density at radius 3 is 1.08 bits per heavy atom. The second-order valence-electron chi connectivity index (χ2n) is 16.2. The average Bonchev–Trinajstić information content (AvgIpc) is 3.16. The Morgan fingerprint density at radius 1 is 0.434 bits per heavy atom. The van der Waals surface area contributed by atoms with Crippen LogP contribution in [0.15, 0.2) is 36.5 Å². The molecule has 0 bridgehead atoms. The van der Waals surface area contributed by atoms with Crippen LogP contribution < -0.4 is 5.32 Å². The first-order valence-electron chi connectivity index (χ1n) is 23.7. The van der Waals surface area contributed by atoms with Gasteiger partial charge < -0.3 is 15.5 Å². The van der Waals surface area contributed by atoms with Crippen LogP contribution >= 0.6 is 0 Å². The van der Waals surface area contributed by atoms with E-state index >= 15 is 0 Å². The maximum atomic E-state index is 12.4. The molecule has 0 saturated carbocycles. The van der Waals surface area contributed by atoms with Crippen LogP contribution in [0, 0.1) is 0 Å². The molecule has 0 saturated heterocycles. The van der Waals surface area contributed by atoms with Crippen LogP contribution in [0.3, 0.4) is 0 Å². The van der Waals surface area contributed by atoms with Gasteiger partial charge in [0.2, 0.25) is 5.91 Å². The average molecular weight is 744 g/mol. The van der Waals surface area contributed by atoms with Gasteiger partial charge in [-0.15, -0.1) is 0 Å². The fourth-order valence-electron chi connectivity index (χ4n) is 7.20. The summed E-state index contributed by atoms with van der Waals surface area (Å²) in [4.78, 5) is 12.4. The fraction of sp³-hybridized carbons (Fsp3) is 0.857. The molecule has 2 atom stereocenters. The number of unbranched alkanes of at least 4 members (excludes halogenated alkanes) is 32. The summed E-state index contributed by atoms with van der Waals surface area (Å²) in [5.41, 5.74) is 0. The van der Waals surface area contributed by atoms with Gasteiger partial charge in [-0.05, 0) is 38.5 Å². The number of hydrogen-bond acceptors (Lipinski definition) is 3. The summed E-state index contributed by atoms with van der Waals surface area (Å²) in [5.74, 6) is -0.0757. The summed E-state index contributed by atoms with van der Waals surface area (Å²) in [6, 6.07) is -0.641. The van der Waals surface area contributed by atoms with Crippen molar-refractivity contribution in [1.82, 2.24) is 5.32 Å². The molecule has 0 rings (SSSR count). The molecule has 0 radical (unpaired) electrons. The Kier molecular flexibility index (Phi) is 43.8. The summed E-state index contributed by atoms with van der Waals surface area (Å²) < 4.78 is 0. The standard InChI is InChI=1S/C49H93NO3/c1-3-5-7-9-11-13-15-17-18-19-20-21-22-23-24-25-26-27-28-29-30-31-32-33-35-37-39-41-43-45-49(53)50-47(46-51)48(52)44-42-40-38-36-34-16-14-12-10-8-6-4-2/h10,12,34,36,42,44,47-48,51-52H,3-9,11,13-33,35,37-41,43,45-46H2,1-2H3,(H,50,53)/b12-10+,36-34+,44-42+. The van der Waals surface area contributed by atoms with Crippen molar-refractivity contribution in [3.8, 4) is 0 Å². The second-order valence-corrected chi connectivity index (χ2v) is 16.2. The highest BCUT2D eigenvalue weighted by molar-refractivity contribution is 5.76. The molecule has 2 unspecified atom stereocenters. The molecular formula is C49H93NO3. The van der Waals surface area contributed by atoms with Crippen LogP contribution in [0.5, 0.6) is 0 Å². The number of aliphatic hydroxyl groups excluding tert-OH is 2. The molecule has 0 aromatic heterocycles. The Hall–Kier alpha value is -1.39. The summed E-state index contributed by atoms with van der Waals surface area (Å²) in [7, 11) is 0. The Morgan fingerprint density at radius 2 is 0.736 bits per heavy atom. The smallest absolute Gasteiger partial charge is 0.220 e. The number of aliphatic hydroxyl groups is 2. The molecule has 3 N–H and O–H groups in total. The van der Waals surface area contributed by atoms with E-state index in [2.05, 4.69) is 43.5 Å². The van der Waals surface area contributed by atoms with Gasteiger partial charge in [0, 0.05) is 6.42 Å². The monoisotopic (exact) mass is 744 g/mol. The first-order chi connectivity index (χ1) is 26.2. The van der Waals surface area contributed by atoms with Crippen molar-refractivity contribution < 1.29 is 15.0 Å². The highest BCUT2D eigenvalue weighted by Gasteiger charge is 2.17. The first kappa shape index (κ1) is 51.6. The van der Waals surface area contributed by atoms with Gasteiger partial charge in [-0.2, -0.15) is 0 Å². The lowest BCUT2D eigenvalue weighted by atomic mass is 10.0. The second kappa shape index (κ2) is 45.0. The number of nitrogens with one attached hydrogen (secondary N) is 1. The van der Waals surface area contributed by atoms with Gasteiger partial charge in [0.05, 0.1) is 18.8 Å². The van der Waals surface area contributed by atoms with Crippen molar-refractivity contribution in [3.63, 3.8) is 0 Å². The zero-order valence-electron chi connectivity index (χ0n) is 35.8. The van der Waals surface area contributed by atoms with Crippen molar-refractivity contribution >= 4 is 5.91 Å². The number of carbonyl (C=O) groups is 1. The summed E-state index contributed by atoms with van der Waals surface area (Å²) in [5, 5.41) is 22.9. The maximum absolute atomic E-state index is 12.4. The van der Waals surface area contributed by atoms with Crippen molar-refractivity contribution in [1.29, 1.82) is 0 Å². The van der Waals surface area contributed by atoms with Gasteiger partial charge in [0.1, 0.15) is 0 Å². The van der Waals surface area contributed by atoms with E-state index in [4.69, 9.17) is 0 Å². The molecule has 0 fully saturated rings. The van der Waals surface area contributed by atoms with Crippen LogP contribution in [0.2, 0.25) is 0 Å². The van der Waals surface area contributed by atoms with Crippen LogP contribution in [0.4, 0.5) is 0 Å². The molecule has 53 heavy (non-hydrogen) atoms. The van der Waals surface area contributed by atoms with Gasteiger partial charge in [0.25, 0.3) is 0 Å². The molecule has 4 heteroatoms. The van der Waals surface area contributed by atoms with Crippen molar-refractivity contribution in [3.05, 3.63) is 36.5 Å². The SMILES string of the molecule is CCCC/C=C/CC/C=C/CC/C=C/C(O)C(CO)NC(=O)CCCCCCCCCCCCCCCCCCCCCCCCCCCCCCC. The summed E-state index contributed by atoms with van der Waals surface area (Å²) >= 11 is 0. The lowest BCUT2D eigenvalue weighted by Crippen LogP contribution is -2.45. The van der Waals surface area contributed by atoms with Crippen LogP contribution in [0.25, 0.3) is 0 Å². The fourth-order valence-corrected chi connectivity index (χ4v) is 7.20. The van der Waals surface area contributed by atoms with Crippen LogP contribution in [-0.4, -0.2) is 34.9 Å². The van der Waals surface area contributed by atoms with E-state index in [0.717, 1.165) is 38.5 Å². The Balaban J connectivity index is 3.45. The molecule has 0 aromatic carbocycles. The van der Waals surface area contributed by atoms with Gasteiger partial charge in [0.15, 0.2) is 0 Å². The summed E-state index contributed by atoms with van der Waals surface area (Å²) in [6.45, 7) is 4.26. The molecule has 0 heterocycles. The molecule has 1 amide bonds. The highest BCUT2D eigenvalue weighted by Crippen LogP contribution is 2.17. The maximum Gasteiger partial charge on any atom is 0.220 e. The lowest BCUT2D eigenvalue weighted by molar-refractivity contribution is -0.123. The molecule has 0 aliphatic heterocycles.